The molecule has 0 bridgehead atoms. The number of anilines is 1. The third kappa shape index (κ3) is 2.80. The lowest BCUT2D eigenvalue weighted by molar-refractivity contribution is -0.124. The number of benzene rings is 1. The lowest BCUT2D eigenvalue weighted by atomic mass is 9.97. The summed E-state index contributed by atoms with van der Waals surface area (Å²) in [4.78, 5) is 44.2. The largest absolute Gasteiger partial charge is 0.473 e. The first-order valence-electron chi connectivity index (χ1n) is 9.80. The molecule has 8 nitrogen and oxygen atoms in total. The number of rotatable bonds is 3. The number of nitrogens with zero attached hydrogens (tertiary/aromatic N) is 3. The molecule has 5 rings (SSSR count). The smallest absolute Gasteiger partial charge is 0.414 e. The van der Waals surface area contributed by atoms with Crippen LogP contribution in [0.15, 0.2) is 58.8 Å². The van der Waals surface area contributed by atoms with Gasteiger partial charge in [0.25, 0.3) is 11.8 Å². The van der Waals surface area contributed by atoms with Crippen LogP contribution in [0.25, 0.3) is 0 Å². The Bertz CT molecular complexity index is 1170. The number of amides is 3. The molecule has 1 aromatic carbocycles. The molecule has 3 atom stereocenters. The Morgan fingerprint density at radius 1 is 1.26 bits per heavy atom. The van der Waals surface area contributed by atoms with Gasteiger partial charge in [-0.1, -0.05) is 24.3 Å². The second-order valence-electron chi connectivity index (χ2n) is 7.77. The van der Waals surface area contributed by atoms with Crippen molar-refractivity contribution in [2.45, 2.75) is 32.5 Å². The average Bonchev–Trinajstić information content (AvgIpc) is 3.48. The zero-order chi connectivity index (χ0) is 21.9. The molecule has 158 valence electrons. The number of carbonyl (C=O) groups is 3. The van der Waals surface area contributed by atoms with E-state index in [1.165, 1.54) is 22.5 Å². The topological polar surface area (TPSA) is 100 Å². The van der Waals surface area contributed by atoms with E-state index in [0.717, 1.165) is 21.6 Å². The second kappa shape index (κ2) is 7.05. The quantitative estimate of drug-likeness (QED) is 0.583. The molecule has 9 heteroatoms. The van der Waals surface area contributed by atoms with Gasteiger partial charge < -0.3 is 9.84 Å². The molecule has 1 N–H and O–H groups in total. The van der Waals surface area contributed by atoms with E-state index >= 15 is 0 Å². The van der Waals surface area contributed by atoms with Crippen molar-refractivity contribution >= 4 is 34.4 Å². The van der Waals surface area contributed by atoms with E-state index in [0.29, 0.717) is 22.7 Å². The van der Waals surface area contributed by atoms with Crippen LogP contribution in [0.1, 0.15) is 31.0 Å². The number of carboxylic acid groups (broad SMARTS) is 1. The Hall–Kier alpha value is -3.46. The van der Waals surface area contributed by atoms with Gasteiger partial charge in [-0.3, -0.25) is 9.59 Å². The first-order chi connectivity index (χ1) is 14.9. The van der Waals surface area contributed by atoms with Crippen LogP contribution in [0.2, 0.25) is 0 Å². The maximum absolute atomic E-state index is 13.0. The third-order valence-electron chi connectivity index (χ3n) is 6.23. The molecule has 0 radical (unpaired) electrons. The average molecular weight is 437 g/mol. The highest BCUT2D eigenvalue weighted by atomic mass is 32.1. The van der Waals surface area contributed by atoms with E-state index in [9.17, 15) is 19.5 Å². The van der Waals surface area contributed by atoms with Crippen molar-refractivity contribution in [1.82, 2.24) is 9.88 Å². The number of aromatic nitrogens is 1. The summed E-state index contributed by atoms with van der Waals surface area (Å²) in [6.45, 7) is 3.53. The molecule has 2 aromatic rings. The van der Waals surface area contributed by atoms with Crippen molar-refractivity contribution in [1.29, 1.82) is 0 Å². The van der Waals surface area contributed by atoms with E-state index in [-0.39, 0.29) is 11.8 Å². The van der Waals surface area contributed by atoms with E-state index in [2.05, 4.69) is 4.98 Å². The summed E-state index contributed by atoms with van der Waals surface area (Å²) in [6, 6.07) is 7.00. The minimum atomic E-state index is -1.28. The Balaban J connectivity index is 1.50. The van der Waals surface area contributed by atoms with Gasteiger partial charge in [0.15, 0.2) is 5.13 Å². The van der Waals surface area contributed by atoms with Crippen molar-refractivity contribution in [2.75, 3.05) is 4.90 Å². The van der Waals surface area contributed by atoms with Crippen LogP contribution < -0.4 is 4.90 Å². The molecule has 1 aromatic heterocycles. The second-order valence-corrected chi connectivity index (χ2v) is 8.64. The van der Waals surface area contributed by atoms with Gasteiger partial charge in [0.2, 0.25) is 6.23 Å². The Morgan fingerprint density at radius 3 is 2.74 bits per heavy atom. The molecule has 31 heavy (non-hydrogen) atoms. The van der Waals surface area contributed by atoms with Crippen LogP contribution in [-0.2, 0) is 20.7 Å². The summed E-state index contributed by atoms with van der Waals surface area (Å²) in [5, 5.41) is 12.0. The molecule has 3 amide bonds. The van der Waals surface area contributed by atoms with Gasteiger partial charge in [0.05, 0.1) is 17.9 Å². The zero-order valence-electron chi connectivity index (χ0n) is 16.8. The number of ether oxygens (including phenoxy) is 1. The number of imide groups is 1. The molecule has 0 saturated carbocycles. The Labute approximate surface area is 182 Å². The number of thiazole rings is 1. The van der Waals surface area contributed by atoms with Crippen LogP contribution in [0.4, 0.5) is 9.93 Å². The van der Waals surface area contributed by atoms with Crippen LogP contribution in [0, 0.1) is 5.92 Å². The summed E-state index contributed by atoms with van der Waals surface area (Å²) < 4.78 is 5.99. The molecule has 3 aliphatic rings. The first kappa shape index (κ1) is 19.5. The SMILES string of the molecule is CC1=C(C)C(OC=C2C(=O)N(C(=O)O)C3c4ccccc4CC23)N(c2nccs2)C1=O. The number of carbonyl (C=O) groups excluding carboxylic acids is 2. The minimum Gasteiger partial charge on any atom is -0.473 e. The summed E-state index contributed by atoms with van der Waals surface area (Å²) in [5.41, 5.74) is 3.46. The molecule has 1 fully saturated rings. The number of fused-ring (bicyclic) bond motifs is 3. The van der Waals surface area contributed by atoms with Crippen molar-refractivity contribution in [3.05, 3.63) is 70.0 Å². The number of likely N-dealkylation sites (tertiary alicyclic amines) is 1. The van der Waals surface area contributed by atoms with E-state index in [4.69, 9.17) is 4.74 Å². The Morgan fingerprint density at radius 2 is 2.03 bits per heavy atom. The minimum absolute atomic E-state index is 0.202. The van der Waals surface area contributed by atoms with E-state index in [1.807, 2.05) is 24.3 Å². The summed E-state index contributed by atoms with van der Waals surface area (Å²) >= 11 is 1.32. The molecule has 1 aliphatic carbocycles. The van der Waals surface area contributed by atoms with Crippen LogP contribution in [0.3, 0.4) is 0 Å². The van der Waals surface area contributed by atoms with Crippen molar-refractivity contribution in [3.8, 4) is 0 Å². The molecule has 2 aliphatic heterocycles. The van der Waals surface area contributed by atoms with Crippen LogP contribution >= 0.6 is 11.3 Å². The molecule has 3 heterocycles. The normalized spacial score (nSPS) is 26.1. The van der Waals surface area contributed by atoms with Crippen LogP contribution in [0.5, 0.6) is 0 Å². The molecule has 0 spiro atoms. The number of hydrogen-bond acceptors (Lipinski definition) is 6. The molecule has 3 unspecified atom stereocenters. The van der Waals surface area contributed by atoms with Gasteiger partial charge in [0.1, 0.15) is 0 Å². The summed E-state index contributed by atoms with van der Waals surface area (Å²) in [5.74, 6) is -1.11. The molecular weight excluding hydrogens is 418 g/mol. The predicted molar refractivity (Wildman–Crippen MR) is 112 cm³/mol. The fraction of sp³-hybridized carbons (Fsp3) is 0.273. The highest BCUT2D eigenvalue weighted by Crippen LogP contribution is 2.49. The fourth-order valence-corrected chi connectivity index (χ4v) is 5.26. The van der Waals surface area contributed by atoms with Crippen molar-refractivity contribution < 1.29 is 24.2 Å². The van der Waals surface area contributed by atoms with Gasteiger partial charge in [-0.15, -0.1) is 11.3 Å². The van der Waals surface area contributed by atoms with Crippen molar-refractivity contribution in [2.24, 2.45) is 5.92 Å². The van der Waals surface area contributed by atoms with Gasteiger partial charge in [0, 0.05) is 23.1 Å². The predicted octanol–water partition coefficient (Wildman–Crippen LogP) is 3.49. The van der Waals surface area contributed by atoms with Gasteiger partial charge in [-0.05, 0) is 37.0 Å². The zero-order valence-corrected chi connectivity index (χ0v) is 17.6. The highest BCUT2D eigenvalue weighted by molar-refractivity contribution is 7.13. The van der Waals surface area contributed by atoms with Crippen molar-refractivity contribution in [3.63, 3.8) is 0 Å². The molecule has 1 saturated heterocycles. The van der Waals surface area contributed by atoms with Crippen LogP contribution in [-0.4, -0.2) is 39.1 Å². The van der Waals surface area contributed by atoms with E-state index in [1.54, 1.807) is 25.4 Å². The molecular formula is C22H19N3O5S. The third-order valence-corrected chi connectivity index (χ3v) is 7.00. The van der Waals surface area contributed by atoms with Gasteiger partial charge >= 0.3 is 6.09 Å². The first-order valence-corrected chi connectivity index (χ1v) is 10.7. The lowest BCUT2D eigenvalue weighted by Crippen LogP contribution is -2.36. The fourth-order valence-electron chi connectivity index (χ4n) is 4.60. The van der Waals surface area contributed by atoms with Gasteiger partial charge in [-0.2, -0.15) is 0 Å². The maximum Gasteiger partial charge on any atom is 0.414 e. The summed E-state index contributed by atoms with van der Waals surface area (Å²) in [7, 11) is 0. The highest BCUT2D eigenvalue weighted by Gasteiger charge is 2.52. The monoisotopic (exact) mass is 437 g/mol. The summed E-state index contributed by atoms with van der Waals surface area (Å²) in [6.07, 6.45) is 1.49. The van der Waals surface area contributed by atoms with E-state index < -0.39 is 24.3 Å². The maximum atomic E-state index is 13.0. The van der Waals surface area contributed by atoms with Gasteiger partial charge in [-0.25, -0.2) is 19.6 Å². The Kier molecular flexibility index (Phi) is 4.44. The number of hydrogen-bond donors (Lipinski definition) is 1. The standard InChI is InChI=1S/C22H19N3O5S/c1-11-12(2)20(25(18(11)26)21-23-7-8-31-21)30-10-16-15-9-13-5-3-4-6-14(13)17(15)24(19(16)27)22(28)29/h3-8,10,15,17,20H,9H2,1-2H3,(H,28,29). The lowest BCUT2D eigenvalue weighted by Gasteiger charge is -2.23.